The summed E-state index contributed by atoms with van der Waals surface area (Å²) in [5, 5.41) is 0. The van der Waals surface area contributed by atoms with Crippen LogP contribution in [0.1, 0.15) is 30.6 Å². The monoisotopic (exact) mass is 278 g/mol. The van der Waals surface area contributed by atoms with Crippen molar-refractivity contribution in [3.8, 4) is 5.75 Å². The maximum absolute atomic E-state index is 12.9. The fourth-order valence-electron chi connectivity index (χ4n) is 1.46. The first-order chi connectivity index (χ1) is 8.74. The molecule has 0 aliphatic rings. The highest BCUT2D eigenvalue weighted by Gasteiger charge is 2.44. The first kappa shape index (κ1) is 15.5. The van der Waals surface area contributed by atoms with Crippen molar-refractivity contribution in [3.05, 3.63) is 29.8 Å². The highest BCUT2D eigenvalue weighted by Crippen LogP contribution is 2.30. The van der Waals surface area contributed by atoms with Gasteiger partial charge in [-0.2, -0.15) is 17.6 Å². The summed E-state index contributed by atoms with van der Waals surface area (Å²) in [7, 11) is 0. The van der Waals surface area contributed by atoms with Crippen LogP contribution in [0.4, 0.5) is 17.6 Å². The Hall–Kier alpha value is -1.59. The van der Waals surface area contributed by atoms with Gasteiger partial charge in [-0.1, -0.05) is 26.0 Å². The summed E-state index contributed by atoms with van der Waals surface area (Å²) in [6.07, 6.45) is -8.45. The van der Waals surface area contributed by atoms with Crippen LogP contribution >= 0.6 is 0 Å². The lowest BCUT2D eigenvalue weighted by molar-refractivity contribution is -0.253. The first-order valence-corrected chi connectivity index (χ1v) is 5.71. The Morgan fingerprint density at radius 2 is 1.84 bits per heavy atom. The maximum atomic E-state index is 12.9. The van der Waals surface area contributed by atoms with Gasteiger partial charge in [0.2, 0.25) is 0 Å². The van der Waals surface area contributed by atoms with Crippen molar-refractivity contribution in [1.29, 1.82) is 0 Å². The van der Waals surface area contributed by atoms with Crippen molar-refractivity contribution >= 4 is 5.78 Å². The topological polar surface area (TPSA) is 26.3 Å². The average Bonchev–Trinajstić information content (AvgIpc) is 2.27. The van der Waals surface area contributed by atoms with Crippen molar-refractivity contribution in [3.63, 3.8) is 0 Å². The van der Waals surface area contributed by atoms with Crippen LogP contribution in [0.5, 0.6) is 5.75 Å². The largest absolute Gasteiger partial charge is 0.461 e. The van der Waals surface area contributed by atoms with Gasteiger partial charge in [0.1, 0.15) is 5.75 Å². The van der Waals surface area contributed by atoms with E-state index < -0.39 is 24.1 Å². The lowest BCUT2D eigenvalue weighted by Crippen LogP contribution is -2.34. The molecule has 1 aromatic carbocycles. The van der Waals surface area contributed by atoms with Gasteiger partial charge >= 0.3 is 12.5 Å². The Kier molecular flexibility index (Phi) is 4.91. The standard InChI is InChI=1S/C13H14F4O2/c1-8(2)7-10(18)9-5-3-4-6-11(9)19-13(16,17)12(14)15/h3-6,8,12H,7H2,1-2H3. The second-order valence-electron chi connectivity index (χ2n) is 4.48. The van der Waals surface area contributed by atoms with E-state index in [4.69, 9.17) is 0 Å². The Labute approximate surface area is 108 Å². The molecule has 19 heavy (non-hydrogen) atoms. The number of alkyl halides is 4. The summed E-state index contributed by atoms with van der Waals surface area (Å²) in [6.45, 7) is 3.57. The Balaban J connectivity index is 3.00. The zero-order valence-electron chi connectivity index (χ0n) is 10.5. The van der Waals surface area contributed by atoms with E-state index in [1.165, 1.54) is 18.2 Å². The van der Waals surface area contributed by atoms with Crippen molar-refractivity contribution in [2.45, 2.75) is 32.8 Å². The molecule has 0 fully saturated rings. The third-order valence-electron chi connectivity index (χ3n) is 2.28. The van der Waals surface area contributed by atoms with Crippen molar-refractivity contribution in [2.24, 2.45) is 5.92 Å². The van der Waals surface area contributed by atoms with E-state index >= 15 is 0 Å². The molecule has 0 spiro atoms. The van der Waals surface area contributed by atoms with Gasteiger partial charge in [0, 0.05) is 6.42 Å². The number of rotatable bonds is 6. The van der Waals surface area contributed by atoms with Gasteiger partial charge in [0.05, 0.1) is 5.56 Å². The predicted molar refractivity (Wildman–Crippen MR) is 61.8 cm³/mol. The smallest absolute Gasteiger partial charge is 0.428 e. The molecule has 0 aromatic heterocycles. The highest BCUT2D eigenvalue weighted by molar-refractivity contribution is 5.98. The molecule has 0 heterocycles. The van der Waals surface area contributed by atoms with Crippen molar-refractivity contribution in [2.75, 3.05) is 0 Å². The normalized spacial score (nSPS) is 12.0. The Morgan fingerprint density at radius 3 is 2.37 bits per heavy atom. The van der Waals surface area contributed by atoms with E-state index in [2.05, 4.69) is 4.74 Å². The van der Waals surface area contributed by atoms with Gasteiger partial charge in [0.15, 0.2) is 5.78 Å². The lowest BCUT2D eigenvalue weighted by atomic mass is 10.0. The second-order valence-corrected chi connectivity index (χ2v) is 4.48. The van der Waals surface area contributed by atoms with Crippen molar-refractivity contribution in [1.82, 2.24) is 0 Å². The number of para-hydroxylation sites is 1. The molecular weight excluding hydrogens is 264 g/mol. The number of Topliss-reactive ketones (excluding diaryl/α,β-unsaturated/α-hetero) is 1. The quantitative estimate of drug-likeness (QED) is 0.577. The predicted octanol–water partition coefficient (Wildman–Crippen LogP) is 4.15. The van der Waals surface area contributed by atoms with Crippen LogP contribution < -0.4 is 4.74 Å². The summed E-state index contributed by atoms with van der Waals surface area (Å²) >= 11 is 0. The van der Waals surface area contributed by atoms with Crippen LogP contribution in [-0.4, -0.2) is 18.3 Å². The summed E-state index contributed by atoms with van der Waals surface area (Å²) in [6, 6.07) is 5.15. The average molecular weight is 278 g/mol. The third kappa shape index (κ3) is 4.22. The van der Waals surface area contributed by atoms with E-state index in [0.717, 1.165) is 6.07 Å². The molecule has 0 bridgehead atoms. The number of benzene rings is 1. The molecule has 1 aromatic rings. The van der Waals surface area contributed by atoms with E-state index in [9.17, 15) is 22.4 Å². The molecule has 0 N–H and O–H groups in total. The van der Waals surface area contributed by atoms with Gasteiger partial charge in [0.25, 0.3) is 0 Å². The van der Waals surface area contributed by atoms with Crippen LogP contribution in [0.3, 0.4) is 0 Å². The molecule has 0 saturated heterocycles. The number of carbonyl (C=O) groups is 1. The minimum atomic E-state index is -4.62. The van der Waals surface area contributed by atoms with E-state index in [-0.39, 0.29) is 17.9 Å². The number of carbonyl (C=O) groups excluding carboxylic acids is 1. The molecule has 0 amide bonds. The number of ketones is 1. The first-order valence-electron chi connectivity index (χ1n) is 5.71. The summed E-state index contributed by atoms with van der Waals surface area (Å²) in [5.41, 5.74) is -0.114. The highest BCUT2D eigenvalue weighted by atomic mass is 19.3. The van der Waals surface area contributed by atoms with Crippen LogP contribution in [0, 0.1) is 5.92 Å². The van der Waals surface area contributed by atoms with Gasteiger partial charge in [-0.25, -0.2) is 0 Å². The molecule has 6 heteroatoms. The summed E-state index contributed by atoms with van der Waals surface area (Å²) in [4.78, 5) is 11.8. The SMILES string of the molecule is CC(C)CC(=O)c1ccccc1OC(F)(F)C(F)F. The minimum absolute atomic E-state index is 0.0242. The van der Waals surface area contributed by atoms with Gasteiger partial charge < -0.3 is 4.74 Å². The fraction of sp³-hybridized carbons (Fsp3) is 0.462. The van der Waals surface area contributed by atoms with Crippen LogP contribution in [-0.2, 0) is 0 Å². The number of hydrogen-bond donors (Lipinski definition) is 0. The lowest BCUT2D eigenvalue weighted by Gasteiger charge is -2.18. The minimum Gasteiger partial charge on any atom is -0.428 e. The molecular formula is C13H14F4O2. The van der Waals surface area contributed by atoms with Gasteiger partial charge in [-0.3, -0.25) is 4.79 Å². The van der Waals surface area contributed by atoms with Crippen LogP contribution in [0.2, 0.25) is 0 Å². The molecule has 0 saturated carbocycles. The molecule has 1 rings (SSSR count). The molecule has 0 radical (unpaired) electrons. The number of hydrogen-bond acceptors (Lipinski definition) is 2. The molecule has 0 unspecified atom stereocenters. The van der Waals surface area contributed by atoms with Crippen LogP contribution in [0.25, 0.3) is 0 Å². The van der Waals surface area contributed by atoms with Gasteiger partial charge in [-0.15, -0.1) is 0 Å². The third-order valence-corrected chi connectivity index (χ3v) is 2.28. The van der Waals surface area contributed by atoms with E-state index in [1.54, 1.807) is 13.8 Å². The molecule has 0 aliphatic carbocycles. The summed E-state index contributed by atoms with van der Waals surface area (Å²) < 4.78 is 53.9. The fourth-order valence-corrected chi connectivity index (χ4v) is 1.46. The molecule has 106 valence electrons. The number of halogens is 4. The zero-order chi connectivity index (χ0) is 14.6. The van der Waals surface area contributed by atoms with E-state index in [0.29, 0.717) is 0 Å². The van der Waals surface area contributed by atoms with E-state index in [1.807, 2.05) is 0 Å². The zero-order valence-corrected chi connectivity index (χ0v) is 10.5. The summed E-state index contributed by atoms with van der Waals surface area (Å²) in [5.74, 6) is -0.926. The molecule has 0 aliphatic heterocycles. The van der Waals surface area contributed by atoms with Gasteiger partial charge in [-0.05, 0) is 18.1 Å². The molecule has 2 nitrogen and oxygen atoms in total. The Morgan fingerprint density at radius 1 is 1.26 bits per heavy atom. The second kappa shape index (κ2) is 6.04. The molecule has 0 atom stereocenters. The van der Waals surface area contributed by atoms with Crippen LogP contribution in [0.15, 0.2) is 24.3 Å². The maximum Gasteiger partial charge on any atom is 0.461 e. The number of ether oxygens (including phenoxy) is 1. The van der Waals surface area contributed by atoms with Crippen molar-refractivity contribution < 1.29 is 27.1 Å². The Bertz CT molecular complexity index is 444.